The van der Waals surface area contributed by atoms with E-state index < -0.39 is 5.60 Å². The predicted octanol–water partition coefficient (Wildman–Crippen LogP) is 3.07. The Morgan fingerprint density at radius 2 is 2.14 bits per heavy atom. The van der Waals surface area contributed by atoms with Gasteiger partial charge in [-0.2, -0.15) is 0 Å². The van der Waals surface area contributed by atoms with Gasteiger partial charge >= 0.3 is 6.09 Å². The number of hydrogen-bond donors (Lipinski definition) is 2. The number of nitrogens with zero attached hydrogens (tertiary/aromatic N) is 1. The van der Waals surface area contributed by atoms with Gasteiger partial charge in [0.05, 0.1) is 0 Å². The van der Waals surface area contributed by atoms with Crippen LogP contribution in [0.4, 0.5) is 16.2 Å². The lowest BCUT2D eigenvalue weighted by molar-refractivity contribution is 0.0500. The van der Waals surface area contributed by atoms with Crippen LogP contribution >= 0.6 is 0 Å². The highest BCUT2D eigenvalue weighted by Crippen LogP contribution is 2.25. The van der Waals surface area contributed by atoms with E-state index in [1.165, 1.54) is 5.69 Å². The second-order valence-corrected chi connectivity index (χ2v) is 6.98. The van der Waals surface area contributed by atoms with Gasteiger partial charge in [-0.3, -0.25) is 0 Å². The molecular formula is C17H27N3O2. The van der Waals surface area contributed by atoms with E-state index in [1.54, 1.807) is 0 Å². The van der Waals surface area contributed by atoms with Crippen molar-refractivity contribution in [2.75, 3.05) is 23.7 Å². The van der Waals surface area contributed by atoms with E-state index in [9.17, 15) is 4.79 Å². The molecule has 1 atom stereocenters. The quantitative estimate of drug-likeness (QED) is 0.824. The lowest BCUT2D eigenvalue weighted by Crippen LogP contribution is -2.49. The van der Waals surface area contributed by atoms with Crippen LogP contribution in [0.25, 0.3) is 0 Å². The Bertz CT molecular complexity index is 537. The van der Waals surface area contributed by atoms with Crippen molar-refractivity contribution in [3.8, 4) is 0 Å². The summed E-state index contributed by atoms with van der Waals surface area (Å²) in [4.78, 5) is 14.2. The summed E-state index contributed by atoms with van der Waals surface area (Å²) in [5.41, 5.74) is 8.48. The topological polar surface area (TPSA) is 67.6 Å². The third kappa shape index (κ3) is 4.55. The van der Waals surface area contributed by atoms with Gasteiger partial charge in [-0.15, -0.1) is 0 Å². The molecule has 1 aromatic carbocycles. The Balaban J connectivity index is 1.98. The van der Waals surface area contributed by atoms with Crippen LogP contribution in [-0.2, 0) is 4.74 Å². The summed E-state index contributed by atoms with van der Waals surface area (Å²) in [6.07, 6.45) is 1.68. The molecule has 0 saturated carbocycles. The first kappa shape index (κ1) is 16.5. The van der Waals surface area contributed by atoms with Crippen LogP contribution in [0.2, 0.25) is 0 Å². The first-order valence-electron chi connectivity index (χ1n) is 7.85. The van der Waals surface area contributed by atoms with Crippen molar-refractivity contribution in [3.63, 3.8) is 0 Å². The molecule has 1 aliphatic heterocycles. The SMILES string of the molecule is Cc1cc(N)ccc1N1CCC[C@H](NC(=O)OC(C)(C)C)C1. The number of carbonyl (C=O) groups excluding carboxylic acids is 1. The number of alkyl carbamates (subject to hydrolysis) is 1. The number of anilines is 2. The molecule has 5 nitrogen and oxygen atoms in total. The highest BCUT2D eigenvalue weighted by Gasteiger charge is 2.24. The number of nitrogen functional groups attached to an aromatic ring is 1. The number of carbonyl (C=O) groups is 1. The summed E-state index contributed by atoms with van der Waals surface area (Å²) in [5, 5.41) is 2.98. The average Bonchev–Trinajstić information content (AvgIpc) is 2.36. The van der Waals surface area contributed by atoms with Gasteiger partial charge in [0, 0.05) is 30.5 Å². The zero-order chi connectivity index (χ0) is 16.3. The van der Waals surface area contributed by atoms with Crippen LogP contribution < -0.4 is 16.0 Å². The number of amides is 1. The minimum atomic E-state index is -0.466. The van der Waals surface area contributed by atoms with Crippen LogP contribution in [0, 0.1) is 6.92 Å². The van der Waals surface area contributed by atoms with E-state index in [0.29, 0.717) is 0 Å². The van der Waals surface area contributed by atoms with Crippen LogP contribution in [0.5, 0.6) is 0 Å². The maximum Gasteiger partial charge on any atom is 0.407 e. The zero-order valence-corrected chi connectivity index (χ0v) is 14.0. The molecule has 0 unspecified atom stereocenters. The molecule has 0 radical (unpaired) electrons. The van der Waals surface area contributed by atoms with Crippen molar-refractivity contribution in [2.24, 2.45) is 0 Å². The highest BCUT2D eigenvalue weighted by molar-refractivity contribution is 5.68. The Kier molecular flexibility index (Phi) is 4.84. The Labute approximate surface area is 132 Å². The summed E-state index contributed by atoms with van der Waals surface area (Å²) in [5.74, 6) is 0. The minimum absolute atomic E-state index is 0.112. The Hall–Kier alpha value is -1.91. The van der Waals surface area contributed by atoms with Gasteiger partial charge < -0.3 is 20.7 Å². The number of ether oxygens (including phenoxy) is 1. The van der Waals surface area contributed by atoms with Gasteiger partial charge in [0.2, 0.25) is 0 Å². The molecule has 122 valence electrons. The third-order valence-electron chi connectivity index (χ3n) is 3.70. The zero-order valence-electron chi connectivity index (χ0n) is 14.0. The number of rotatable bonds is 2. The van der Waals surface area contributed by atoms with Gasteiger partial charge in [-0.1, -0.05) is 0 Å². The fourth-order valence-corrected chi connectivity index (χ4v) is 2.82. The number of nitrogens with two attached hydrogens (primary N) is 1. The Morgan fingerprint density at radius 3 is 2.77 bits per heavy atom. The van der Waals surface area contributed by atoms with Gasteiger partial charge in [-0.25, -0.2) is 4.79 Å². The third-order valence-corrected chi connectivity index (χ3v) is 3.70. The molecule has 1 aliphatic rings. The van der Waals surface area contributed by atoms with Gasteiger partial charge in [0.1, 0.15) is 5.60 Å². The summed E-state index contributed by atoms with van der Waals surface area (Å²) >= 11 is 0. The molecule has 22 heavy (non-hydrogen) atoms. The maximum atomic E-state index is 11.9. The molecular weight excluding hydrogens is 278 g/mol. The lowest BCUT2D eigenvalue weighted by atomic mass is 10.0. The molecule has 1 heterocycles. The molecule has 0 aromatic heterocycles. The first-order valence-corrected chi connectivity index (χ1v) is 7.85. The van der Waals surface area contributed by atoms with E-state index in [0.717, 1.165) is 37.2 Å². The monoisotopic (exact) mass is 305 g/mol. The van der Waals surface area contributed by atoms with Gasteiger partial charge in [0.15, 0.2) is 0 Å². The van der Waals surface area contributed by atoms with Gasteiger partial charge in [0.25, 0.3) is 0 Å². The molecule has 5 heteroatoms. The van der Waals surface area contributed by atoms with E-state index in [2.05, 4.69) is 23.2 Å². The molecule has 2 rings (SSSR count). The number of benzene rings is 1. The Morgan fingerprint density at radius 1 is 1.41 bits per heavy atom. The summed E-state index contributed by atoms with van der Waals surface area (Å²) in [7, 11) is 0. The summed E-state index contributed by atoms with van der Waals surface area (Å²) < 4.78 is 5.34. The molecule has 3 N–H and O–H groups in total. The highest BCUT2D eigenvalue weighted by atomic mass is 16.6. The second-order valence-electron chi connectivity index (χ2n) is 6.98. The fraction of sp³-hybridized carbons (Fsp3) is 0.588. The molecule has 1 aromatic rings. The van der Waals surface area contributed by atoms with Crippen molar-refractivity contribution < 1.29 is 9.53 Å². The normalized spacial score (nSPS) is 18.9. The largest absolute Gasteiger partial charge is 0.444 e. The van der Waals surface area contributed by atoms with Crippen LogP contribution in [0.3, 0.4) is 0 Å². The van der Waals surface area contributed by atoms with E-state index >= 15 is 0 Å². The van der Waals surface area contributed by atoms with Crippen molar-refractivity contribution in [2.45, 2.75) is 52.2 Å². The minimum Gasteiger partial charge on any atom is -0.444 e. The van der Waals surface area contributed by atoms with Crippen molar-refractivity contribution >= 4 is 17.5 Å². The molecule has 0 aliphatic carbocycles. The number of piperidine rings is 1. The fourth-order valence-electron chi connectivity index (χ4n) is 2.82. The molecule has 1 amide bonds. The van der Waals surface area contributed by atoms with E-state index in [1.807, 2.05) is 32.9 Å². The van der Waals surface area contributed by atoms with E-state index in [-0.39, 0.29) is 12.1 Å². The standard InChI is InChI=1S/C17H27N3O2/c1-12-10-13(18)7-8-15(12)20-9-5-6-14(11-20)19-16(21)22-17(2,3)4/h7-8,10,14H,5-6,9,11,18H2,1-4H3,(H,19,21)/t14-/m0/s1. The summed E-state index contributed by atoms with van der Waals surface area (Å²) in [6.45, 7) is 9.48. The predicted molar refractivity (Wildman–Crippen MR) is 90.2 cm³/mol. The van der Waals surface area contributed by atoms with E-state index in [4.69, 9.17) is 10.5 Å². The van der Waals surface area contributed by atoms with Crippen LogP contribution in [0.1, 0.15) is 39.2 Å². The average molecular weight is 305 g/mol. The van der Waals surface area contributed by atoms with Gasteiger partial charge in [-0.05, 0) is 64.3 Å². The molecule has 0 spiro atoms. The first-order chi connectivity index (χ1) is 10.2. The number of nitrogens with one attached hydrogen (secondary N) is 1. The molecule has 0 bridgehead atoms. The smallest absolute Gasteiger partial charge is 0.407 e. The lowest BCUT2D eigenvalue weighted by Gasteiger charge is -2.36. The van der Waals surface area contributed by atoms with Crippen LogP contribution in [-0.4, -0.2) is 30.8 Å². The van der Waals surface area contributed by atoms with Crippen molar-refractivity contribution in [1.29, 1.82) is 0 Å². The summed E-state index contributed by atoms with van der Waals surface area (Å²) in [6, 6.07) is 6.08. The number of hydrogen-bond acceptors (Lipinski definition) is 4. The molecule has 1 fully saturated rings. The van der Waals surface area contributed by atoms with Crippen LogP contribution in [0.15, 0.2) is 18.2 Å². The van der Waals surface area contributed by atoms with Crippen molar-refractivity contribution in [1.82, 2.24) is 5.32 Å². The second kappa shape index (κ2) is 6.46. The number of aryl methyl sites for hydroxylation is 1. The molecule has 1 saturated heterocycles. The van der Waals surface area contributed by atoms with Crippen molar-refractivity contribution in [3.05, 3.63) is 23.8 Å². The maximum absolute atomic E-state index is 11.9.